The third-order valence-corrected chi connectivity index (χ3v) is 4.42. The molecule has 0 saturated heterocycles. The molecule has 7 heteroatoms. The van der Waals surface area contributed by atoms with Crippen molar-refractivity contribution in [3.8, 4) is 5.69 Å². The molecule has 7 nitrogen and oxygen atoms in total. The Balaban J connectivity index is 1.52. The van der Waals surface area contributed by atoms with E-state index in [1.807, 2.05) is 19.4 Å². The van der Waals surface area contributed by atoms with Gasteiger partial charge in [0.15, 0.2) is 5.82 Å². The van der Waals surface area contributed by atoms with E-state index in [4.69, 9.17) is 9.47 Å². The molecule has 2 heterocycles. The molecule has 0 N–H and O–H groups in total. The molecule has 0 saturated carbocycles. The number of aryl methyl sites for hydroxylation is 1. The number of aromatic nitrogens is 5. The van der Waals surface area contributed by atoms with Crippen molar-refractivity contribution in [2.75, 3.05) is 7.11 Å². The van der Waals surface area contributed by atoms with Crippen molar-refractivity contribution in [2.24, 2.45) is 7.05 Å². The SMILES string of the molecule is COCc1ccc2c(c1)ncn2-c1cccc(COCc2ncnn2C)c1. The Morgan fingerprint density at radius 1 is 0.963 bits per heavy atom. The highest BCUT2D eigenvalue weighted by Crippen LogP contribution is 2.21. The van der Waals surface area contributed by atoms with Crippen LogP contribution in [0.1, 0.15) is 17.0 Å². The Morgan fingerprint density at radius 3 is 2.67 bits per heavy atom. The van der Waals surface area contributed by atoms with Crippen molar-refractivity contribution in [1.29, 1.82) is 0 Å². The van der Waals surface area contributed by atoms with Crippen LogP contribution in [0.4, 0.5) is 0 Å². The Morgan fingerprint density at radius 2 is 1.85 bits per heavy atom. The molecular formula is C20H21N5O2. The van der Waals surface area contributed by atoms with Gasteiger partial charge in [-0.25, -0.2) is 9.97 Å². The van der Waals surface area contributed by atoms with Gasteiger partial charge in [0.25, 0.3) is 0 Å². The third kappa shape index (κ3) is 3.74. The summed E-state index contributed by atoms with van der Waals surface area (Å²) < 4.78 is 14.8. The molecule has 2 aromatic carbocycles. The quantitative estimate of drug-likeness (QED) is 0.505. The Labute approximate surface area is 157 Å². The second-order valence-electron chi connectivity index (χ2n) is 6.33. The summed E-state index contributed by atoms with van der Waals surface area (Å²) in [5, 5.41) is 4.04. The van der Waals surface area contributed by atoms with Crippen molar-refractivity contribution in [1.82, 2.24) is 24.3 Å². The molecule has 0 unspecified atom stereocenters. The lowest BCUT2D eigenvalue weighted by Gasteiger charge is -2.08. The van der Waals surface area contributed by atoms with Crippen LogP contribution >= 0.6 is 0 Å². The van der Waals surface area contributed by atoms with E-state index in [-0.39, 0.29) is 0 Å². The van der Waals surface area contributed by atoms with E-state index in [1.165, 1.54) is 6.33 Å². The van der Waals surface area contributed by atoms with Gasteiger partial charge in [-0.3, -0.25) is 9.25 Å². The molecule has 0 radical (unpaired) electrons. The normalized spacial score (nSPS) is 11.3. The summed E-state index contributed by atoms with van der Waals surface area (Å²) in [5.74, 6) is 0.804. The first-order chi connectivity index (χ1) is 13.2. The van der Waals surface area contributed by atoms with Crippen molar-refractivity contribution in [3.05, 3.63) is 72.1 Å². The molecule has 27 heavy (non-hydrogen) atoms. The molecule has 2 aromatic heterocycles. The van der Waals surface area contributed by atoms with Crippen LogP contribution in [0.3, 0.4) is 0 Å². The zero-order valence-corrected chi connectivity index (χ0v) is 15.4. The van der Waals surface area contributed by atoms with Crippen molar-refractivity contribution in [3.63, 3.8) is 0 Å². The van der Waals surface area contributed by atoms with Crippen LogP contribution in [0.25, 0.3) is 16.7 Å². The summed E-state index contributed by atoms with van der Waals surface area (Å²) in [5.41, 5.74) is 5.27. The second-order valence-corrected chi connectivity index (χ2v) is 6.33. The van der Waals surface area contributed by atoms with Crippen molar-refractivity contribution in [2.45, 2.75) is 19.8 Å². The minimum atomic E-state index is 0.428. The first-order valence-corrected chi connectivity index (χ1v) is 8.69. The van der Waals surface area contributed by atoms with Gasteiger partial charge in [0.1, 0.15) is 19.3 Å². The number of methoxy groups -OCH3 is 1. The topological polar surface area (TPSA) is 67.0 Å². The van der Waals surface area contributed by atoms with E-state index < -0.39 is 0 Å². The molecule has 0 fully saturated rings. The molecule has 0 amide bonds. The summed E-state index contributed by atoms with van der Waals surface area (Å²) >= 11 is 0. The lowest BCUT2D eigenvalue weighted by atomic mass is 10.2. The van der Waals surface area contributed by atoms with Crippen LogP contribution < -0.4 is 0 Å². The average molecular weight is 363 g/mol. The van der Waals surface area contributed by atoms with Gasteiger partial charge in [0.2, 0.25) is 0 Å². The first-order valence-electron chi connectivity index (χ1n) is 8.69. The summed E-state index contributed by atoms with van der Waals surface area (Å²) in [4.78, 5) is 8.70. The fourth-order valence-corrected chi connectivity index (χ4v) is 3.03. The predicted octanol–water partition coefficient (Wildman–Crippen LogP) is 3.02. The highest BCUT2D eigenvalue weighted by Gasteiger charge is 2.07. The molecule has 138 valence electrons. The van der Waals surface area contributed by atoms with E-state index in [9.17, 15) is 0 Å². The van der Waals surface area contributed by atoms with Crippen LogP contribution in [0, 0.1) is 0 Å². The van der Waals surface area contributed by atoms with Gasteiger partial charge in [-0.15, -0.1) is 0 Å². The minimum absolute atomic E-state index is 0.428. The van der Waals surface area contributed by atoms with E-state index >= 15 is 0 Å². The highest BCUT2D eigenvalue weighted by molar-refractivity contribution is 5.78. The van der Waals surface area contributed by atoms with Crippen molar-refractivity contribution >= 4 is 11.0 Å². The van der Waals surface area contributed by atoms with E-state index in [1.54, 1.807) is 11.8 Å². The molecular weight excluding hydrogens is 342 g/mol. The first kappa shape index (κ1) is 17.4. The molecule has 0 aliphatic rings. The number of fused-ring (bicyclic) bond motifs is 1. The maximum Gasteiger partial charge on any atom is 0.152 e. The molecule has 4 aromatic rings. The van der Waals surface area contributed by atoms with Gasteiger partial charge in [0, 0.05) is 19.8 Å². The summed E-state index contributed by atoms with van der Waals surface area (Å²) in [7, 11) is 3.55. The number of imidazole rings is 1. The van der Waals surface area contributed by atoms with Gasteiger partial charge >= 0.3 is 0 Å². The van der Waals surface area contributed by atoms with Crippen LogP contribution in [-0.4, -0.2) is 31.4 Å². The molecule has 0 atom stereocenters. The molecule has 4 rings (SSSR count). The van der Waals surface area contributed by atoms with E-state index in [0.29, 0.717) is 19.8 Å². The molecule has 0 aliphatic carbocycles. The summed E-state index contributed by atoms with van der Waals surface area (Å²) in [6.07, 6.45) is 3.38. The molecule has 0 bridgehead atoms. The Bertz CT molecular complexity index is 1050. The fourth-order valence-electron chi connectivity index (χ4n) is 3.03. The number of nitrogens with zero attached hydrogens (tertiary/aromatic N) is 5. The maximum absolute atomic E-state index is 5.79. The van der Waals surface area contributed by atoms with Gasteiger partial charge in [-0.05, 0) is 35.4 Å². The number of benzene rings is 2. The third-order valence-electron chi connectivity index (χ3n) is 4.42. The zero-order valence-electron chi connectivity index (χ0n) is 15.4. The number of ether oxygens (including phenoxy) is 2. The maximum atomic E-state index is 5.79. The minimum Gasteiger partial charge on any atom is -0.380 e. The van der Waals surface area contributed by atoms with Crippen molar-refractivity contribution < 1.29 is 9.47 Å². The monoisotopic (exact) mass is 363 g/mol. The van der Waals surface area contributed by atoms with Gasteiger partial charge < -0.3 is 9.47 Å². The van der Waals surface area contributed by atoms with Gasteiger partial charge in [-0.2, -0.15) is 5.10 Å². The van der Waals surface area contributed by atoms with Gasteiger partial charge in [0.05, 0.1) is 24.2 Å². The van der Waals surface area contributed by atoms with Crippen LogP contribution in [-0.2, 0) is 36.3 Å². The van der Waals surface area contributed by atoms with Gasteiger partial charge in [-0.1, -0.05) is 18.2 Å². The highest BCUT2D eigenvalue weighted by atomic mass is 16.5. The number of rotatable bonds is 7. The van der Waals surface area contributed by atoms with E-state index in [2.05, 4.69) is 56.0 Å². The standard InChI is InChI=1S/C20H21N5O2/c1-24-20(21-13-23-24)12-27-11-15-4-3-5-17(8-15)25-14-22-18-9-16(10-26-2)6-7-19(18)25/h3-9,13-14H,10-12H2,1-2H3. The summed E-state index contributed by atoms with van der Waals surface area (Å²) in [6.45, 7) is 1.52. The number of hydrogen-bond acceptors (Lipinski definition) is 5. The fraction of sp³-hybridized carbons (Fsp3) is 0.250. The van der Waals surface area contributed by atoms with Crippen LogP contribution in [0.5, 0.6) is 0 Å². The molecule has 0 aliphatic heterocycles. The lowest BCUT2D eigenvalue weighted by molar-refractivity contribution is 0.0993. The lowest BCUT2D eigenvalue weighted by Crippen LogP contribution is -2.03. The van der Waals surface area contributed by atoms with Crippen LogP contribution in [0.15, 0.2) is 55.1 Å². The van der Waals surface area contributed by atoms with Crippen LogP contribution in [0.2, 0.25) is 0 Å². The average Bonchev–Trinajstić information content (AvgIpc) is 3.28. The zero-order chi connectivity index (χ0) is 18.6. The Kier molecular flexibility index (Phi) is 4.95. The Hall–Kier alpha value is -3.03. The molecule has 0 spiro atoms. The largest absolute Gasteiger partial charge is 0.380 e. The predicted molar refractivity (Wildman–Crippen MR) is 101 cm³/mol. The number of hydrogen-bond donors (Lipinski definition) is 0. The smallest absolute Gasteiger partial charge is 0.152 e. The van der Waals surface area contributed by atoms with E-state index in [0.717, 1.165) is 33.7 Å². The second kappa shape index (κ2) is 7.69. The summed E-state index contributed by atoms with van der Waals surface area (Å²) in [6, 6.07) is 14.5.